The molecule has 0 radical (unpaired) electrons. The lowest BCUT2D eigenvalue weighted by molar-refractivity contribution is -0.00275. The van der Waals surface area contributed by atoms with Crippen LogP contribution in [-0.4, -0.2) is 35.3 Å². The van der Waals surface area contributed by atoms with Gasteiger partial charge in [0, 0.05) is 19.1 Å². The van der Waals surface area contributed by atoms with Gasteiger partial charge in [-0.2, -0.15) is 0 Å². The van der Waals surface area contributed by atoms with E-state index < -0.39 is 6.10 Å². The molecule has 0 saturated carbocycles. The zero-order chi connectivity index (χ0) is 18.2. The van der Waals surface area contributed by atoms with Gasteiger partial charge >= 0.3 is 0 Å². The van der Waals surface area contributed by atoms with Gasteiger partial charge in [0.2, 0.25) is 0 Å². The predicted molar refractivity (Wildman–Crippen MR) is 100 cm³/mol. The van der Waals surface area contributed by atoms with Gasteiger partial charge in [-0.05, 0) is 50.5 Å². The van der Waals surface area contributed by atoms with E-state index in [2.05, 4.69) is 50.8 Å². The highest BCUT2D eigenvalue weighted by Gasteiger charge is 2.18. The van der Waals surface area contributed by atoms with Gasteiger partial charge in [0.1, 0.15) is 12.4 Å². The lowest BCUT2D eigenvalue weighted by atomic mass is 10.0. The van der Waals surface area contributed by atoms with Gasteiger partial charge in [-0.25, -0.2) is 0 Å². The van der Waals surface area contributed by atoms with Crippen molar-refractivity contribution in [2.45, 2.75) is 59.4 Å². The third kappa shape index (κ3) is 6.31. The summed E-state index contributed by atoms with van der Waals surface area (Å²) >= 11 is 0. The fraction of sp³-hybridized carbons (Fsp3) is 0.524. The van der Waals surface area contributed by atoms with Gasteiger partial charge in [0.15, 0.2) is 0 Å². The maximum Gasteiger partial charge on any atom is 0.129 e. The minimum Gasteiger partial charge on any atom is -0.467 e. The number of aliphatic hydroxyl groups excluding tert-OH is 1. The van der Waals surface area contributed by atoms with Crippen LogP contribution in [0.4, 0.5) is 0 Å². The van der Waals surface area contributed by atoms with Crippen LogP contribution < -0.4 is 0 Å². The zero-order valence-electron chi connectivity index (χ0n) is 15.9. The van der Waals surface area contributed by atoms with E-state index in [1.165, 1.54) is 16.7 Å². The molecule has 1 aromatic carbocycles. The minimum absolute atomic E-state index is 0.306. The van der Waals surface area contributed by atoms with Crippen LogP contribution >= 0.6 is 0 Å². The van der Waals surface area contributed by atoms with Crippen LogP contribution in [0.15, 0.2) is 41.0 Å². The maximum absolute atomic E-state index is 10.4. The zero-order valence-corrected chi connectivity index (χ0v) is 15.9. The lowest BCUT2D eigenvalue weighted by Gasteiger charge is -2.31. The van der Waals surface area contributed by atoms with Crippen molar-refractivity contribution in [1.29, 1.82) is 0 Å². The van der Waals surface area contributed by atoms with Crippen molar-refractivity contribution >= 4 is 0 Å². The number of furan rings is 1. The summed E-state index contributed by atoms with van der Waals surface area (Å²) in [5, 5.41) is 10.4. The van der Waals surface area contributed by atoms with Crippen LogP contribution in [0.5, 0.6) is 0 Å². The van der Waals surface area contributed by atoms with E-state index in [1.54, 1.807) is 6.26 Å². The molecule has 0 bridgehead atoms. The third-order valence-electron chi connectivity index (χ3n) is 4.67. The Hall–Kier alpha value is -1.62. The van der Waals surface area contributed by atoms with E-state index in [0.29, 0.717) is 25.8 Å². The van der Waals surface area contributed by atoms with Crippen LogP contribution in [0, 0.1) is 13.8 Å². The minimum atomic E-state index is -0.519. The number of hydrogen-bond donors (Lipinski definition) is 1. The molecule has 0 aliphatic carbocycles. The molecule has 0 fully saturated rings. The molecule has 0 aliphatic rings. The summed E-state index contributed by atoms with van der Waals surface area (Å²) in [6.45, 7) is 10.8. The molecule has 138 valence electrons. The van der Waals surface area contributed by atoms with Gasteiger partial charge in [-0.3, -0.25) is 4.90 Å². The van der Waals surface area contributed by atoms with Crippen molar-refractivity contribution in [2.75, 3.05) is 13.2 Å². The molecule has 0 saturated heterocycles. The van der Waals surface area contributed by atoms with Crippen molar-refractivity contribution in [2.24, 2.45) is 0 Å². The Labute approximate surface area is 151 Å². The third-order valence-corrected chi connectivity index (χ3v) is 4.67. The highest BCUT2D eigenvalue weighted by atomic mass is 16.5. The first-order valence-corrected chi connectivity index (χ1v) is 9.08. The van der Waals surface area contributed by atoms with Crippen molar-refractivity contribution in [3.05, 3.63) is 59.0 Å². The molecule has 1 heterocycles. The fourth-order valence-corrected chi connectivity index (χ4v) is 2.86. The van der Waals surface area contributed by atoms with Crippen molar-refractivity contribution in [1.82, 2.24) is 4.90 Å². The van der Waals surface area contributed by atoms with E-state index in [9.17, 15) is 5.11 Å². The van der Waals surface area contributed by atoms with Crippen LogP contribution in [0.3, 0.4) is 0 Å². The number of ether oxygens (including phenoxy) is 1. The topological polar surface area (TPSA) is 45.8 Å². The molecule has 1 aromatic heterocycles. The standard InChI is InChI=1S/C21H31NO3/c1-5-18(4)22(12-19-11-16(2)8-9-17(19)3)13-20(23)14-24-15-21-7-6-10-25-21/h6-11,18,20,23H,5,12-15H2,1-4H3/t18-,20+/m0/s1. The second-order valence-electron chi connectivity index (χ2n) is 6.86. The summed E-state index contributed by atoms with van der Waals surface area (Å²) < 4.78 is 10.8. The summed E-state index contributed by atoms with van der Waals surface area (Å²) in [5.41, 5.74) is 3.89. The molecule has 0 amide bonds. The van der Waals surface area contributed by atoms with Crippen LogP contribution in [0.25, 0.3) is 0 Å². The normalized spacial score (nSPS) is 14.0. The Kier molecular flexibility index (Phi) is 7.69. The number of benzene rings is 1. The highest BCUT2D eigenvalue weighted by molar-refractivity contribution is 5.30. The summed E-state index contributed by atoms with van der Waals surface area (Å²) in [7, 11) is 0. The molecule has 1 N–H and O–H groups in total. The van der Waals surface area contributed by atoms with Crippen LogP contribution in [0.1, 0.15) is 42.7 Å². The van der Waals surface area contributed by atoms with Crippen molar-refractivity contribution < 1.29 is 14.3 Å². The first-order valence-electron chi connectivity index (χ1n) is 9.08. The summed E-state index contributed by atoms with van der Waals surface area (Å²) in [6, 6.07) is 10.7. The molecule has 4 heteroatoms. The molecule has 0 spiro atoms. The number of rotatable bonds is 10. The van der Waals surface area contributed by atoms with E-state index in [4.69, 9.17) is 9.15 Å². The van der Waals surface area contributed by atoms with Gasteiger partial charge in [0.05, 0.1) is 19.0 Å². The van der Waals surface area contributed by atoms with Gasteiger partial charge in [0.25, 0.3) is 0 Å². The Morgan fingerprint density at radius 3 is 2.72 bits per heavy atom. The molecule has 0 unspecified atom stereocenters. The average Bonchev–Trinajstić information content (AvgIpc) is 3.10. The lowest BCUT2D eigenvalue weighted by Crippen LogP contribution is -2.40. The smallest absolute Gasteiger partial charge is 0.129 e. The molecular formula is C21H31NO3. The largest absolute Gasteiger partial charge is 0.467 e. The summed E-state index contributed by atoms with van der Waals surface area (Å²) in [6.07, 6.45) is 2.16. The molecule has 2 aromatic rings. The van der Waals surface area contributed by atoms with Gasteiger partial charge in [-0.15, -0.1) is 0 Å². The SMILES string of the molecule is CC[C@H](C)N(Cc1cc(C)ccc1C)C[C@@H](O)COCc1ccco1. The number of nitrogens with zero attached hydrogens (tertiary/aromatic N) is 1. The number of aliphatic hydroxyl groups is 1. The van der Waals surface area contributed by atoms with Crippen LogP contribution in [-0.2, 0) is 17.9 Å². The summed E-state index contributed by atoms with van der Waals surface area (Å²) in [4.78, 5) is 2.34. The van der Waals surface area contributed by atoms with Crippen molar-refractivity contribution in [3.63, 3.8) is 0 Å². The predicted octanol–water partition coefficient (Wildman–Crippen LogP) is 4.07. The molecule has 0 aliphatic heterocycles. The quantitative estimate of drug-likeness (QED) is 0.705. The first-order chi connectivity index (χ1) is 12.0. The van der Waals surface area contributed by atoms with E-state index in [-0.39, 0.29) is 0 Å². The number of hydrogen-bond acceptors (Lipinski definition) is 4. The van der Waals surface area contributed by atoms with E-state index >= 15 is 0 Å². The average molecular weight is 345 g/mol. The number of aryl methyl sites for hydroxylation is 2. The molecular weight excluding hydrogens is 314 g/mol. The first kappa shape index (κ1) is 19.7. The Balaban J connectivity index is 1.91. The van der Waals surface area contributed by atoms with Gasteiger partial charge in [-0.1, -0.05) is 30.7 Å². The van der Waals surface area contributed by atoms with Crippen LogP contribution in [0.2, 0.25) is 0 Å². The monoisotopic (exact) mass is 345 g/mol. The van der Waals surface area contributed by atoms with Gasteiger partial charge < -0.3 is 14.3 Å². The Bertz CT molecular complexity index is 624. The Morgan fingerprint density at radius 1 is 1.24 bits per heavy atom. The highest BCUT2D eigenvalue weighted by Crippen LogP contribution is 2.17. The fourth-order valence-electron chi connectivity index (χ4n) is 2.86. The van der Waals surface area contributed by atoms with Crippen molar-refractivity contribution in [3.8, 4) is 0 Å². The van der Waals surface area contributed by atoms with E-state index in [0.717, 1.165) is 18.7 Å². The maximum atomic E-state index is 10.4. The molecule has 2 atom stereocenters. The molecule has 2 rings (SSSR count). The Morgan fingerprint density at radius 2 is 2.04 bits per heavy atom. The molecule has 4 nitrogen and oxygen atoms in total. The summed E-state index contributed by atoms with van der Waals surface area (Å²) in [5.74, 6) is 0.779. The molecule has 25 heavy (non-hydrogen) atoms. The second kappa shape index (κ2) is 9.76. The second-order valence-corrected chi connectivity index (χ2v) is 6.86. The van der Waals surface area contributed by atoms with E-state index in [1.807, 2.05) is 12.1 Å².